The van der Waals surface area contributed by atoms with Crippen LogP contribution in [-0.4, -0.2) is 19.1 Å². The van der Waals surface area contributed by atoms with Crippen molar-refractivity contribution in [3.05, 3.63) is 59.4 Å². The molecule has 1 atom stereocenters. The van der Waals surface area contributed by atoms with Crippen LogP contribution in [0, 0.1) is 5.82 Å². The molecule has 0 aromatic heterocycles. The molecule has 2 aromatic rings. The predicted molar refractivity (Wildman–Crippen MR) is 93.0 cm³/mol. The molecule has 0 radical (unpaired) electrons. The first kappa shape index (κ1) is 16.5. The van der Waals surface area contributed by atoms with Crippen LogP contribution >= 0.6 is 0 Å². The van der Waals surface area contributed by atoms with Crippen LogP contribution in [0.15, 0.2) is 42.5 Å². The smallest absolute Gasteiger partial charge is 0.227 e. The second kappa shape index (κ2) is 7.04. The number of benzene rings is 2. The number of rotatable bonds is 4. The molecule has 1 heterocycles. The van der Waals surface area contributed by atoms with Gasteiger partial charge in [-0.3, -0.25) is 4.79 Å². The third-order valence-electron chi connectivity index (χ3n) is 4.63. The number of nitrogens with zero attached hydrogens (tertiary/aromatic N) is 1. The quantitative estimate of drug-likeness (QED) is 0.845. The summed E-state index contributed by atoms with van der Waals surface area (Å²) in [4.78, 5) is 14.6. The van der Waals surface area contributed by atoms with Crippen LogP contribution in [0.1, 0.15) is 30.9 Å². The standard InChI is InChI=1S/C20H22FNO2/c1-14-3-7-16-13-17(21)8-11-19(16)22(14)20(23)12-6-15-4-9-18(24-2)10-5-15/h4-5,8-11,13-14H,3,6-7,12H2,1-2H3. The van der Waals surface area contributed by atoms with Gasteiger partial charge in [-0.2, -0.15) is 0 Å². The molecule has 0 bridgehead atoms. The number of carbonyl (C=O) groups excluding carboxylic acids is 1. The summed E-state index contributed by atoms with van der Waals surface area (Å²) >= 11 is 0. The third kappa shape index (κ3) is 3.42. The zero-order chi connectivity index (χ0) is 17.1. The Morgan fingerprint density at radius 2 is 2.00 bits per heavy atom. The number of halogens is 1. The van der Waals surface area contributed by atoms with E-state index in [1.165, 1.54) is 6.07 Å². The zero-order valence-corrected chi connectivity index (χ0v) is 14.1. The molecular weight excluding hydrogens is 305 g/mol. The predicted octanol–water partition coefficient (Wildman–Crippen LogP) is 4.13. The minimum atomic E-state index is -0.242. The fraction of sp³-hybridized carbons (Fsp3) is 0.350. The third-order valence-corrected chi connectivity index (χ3v) is 4.63. The van der Waals surface area contributed by atoms with Crippen molar-refractivity contribution in [1.29, 1.82) is 0 Å². The highest BCUT2D eigenvalue weighted by atomic mass is 19.1. The molecule has 0 aliphatic carbocycles. The highest BCUT2D eigenvalue weighted by molar-refractivity contribution is 5.95. The van der Waals surface area contributed by atoms with Gasteiger partial charge in [-0.25, -0.2) is 4.39 Å². The van der Waals surface area contributed by atoms with Gasteiger partial charge < -0.3 is 9.64 Å². The molecule has 1 aliphatic heterocycles. The number of amides is 1. The lowest BCUT2D eigenvalue weighted by molar-refractivity contribution is -0.119. The van der Waals surface area contributed by atoms with E-state index in [0.717, 1.165) is 35.4 Å². The van der Waals surface area contributed by atoms with Crippen LogP contribution in [0.25, 0.3) is 0 Å². The number of carbonyl (C=O) groups is 1. The Bertz CT molecular complexity index is 727. The van der Waals surface area contributed by atoms with E-state index in [1.807, 2.05) is 29.2 Å². The molecule has 126 valence electrons. The molecular formula is C20H22FNO2. The van der Waals surface area contributed by atoms with E-state index in [0.29, 0.717) is 12.8 Å². The molecule has 0 N–H and O–H groups in total. The van der Waals surface area contributed by atoms with Gasteiger partial charge in [0.2, 0.25) is 5.91 Å². The number of hydrogen-bond acceptors (Lipinski definition) is 2. The summed E-state index contributed by atoms with van der Waals surface area (Å²) < 4.78 is 18.6. The Morgan fingerprint density at radius 3 is 2.71 bits per heavy atom. The van der Waals surface area contributed by atoms with E-state index < -0.39 is 0 Å². The number of aryl methyl sites for hydroxylation is 2. The summed E-state index contributed by atoms with van der Waals surface area (Å²) in [6.07, 6.45) is 2.80. The van der Waals surface area contributed by atoms with Gasteiger partial charge in [0.05, 0.1) is 7.11 Å². The van der Waals surface area contributed by atoms with Crippen molar-refractivity contribution in [3.63, 3.8) is 0 Å². The molecule has 0 spiro atoms. The van der Waals surface area contributed by atoms with Gasteiger partial charge in [-0.05, 0) is 67.6 Å². The Hall–Kier alpha value is -2.36. The van der Waals surface area contributed by atoms with E-state index in [1.54, 1.807) is 19.2 Å². The number of fused-ring (bicyclic) bond motifs is 1. The minimum absolute atomic E-state index is 0.0888. The summed E-state index contributed by atoms with van der Waals surface area (Å²) in [7, 11) is 1.64. The van der Waals surface area contributed by atoms with Gasteiger partial charge >= 0.3 is 0 Å². The van der Waals surface area contributed by atoms with Crippen molar-refractivity contribution < 1.29 is 13.9 Å². The fourth-order valence-electron chi connectivity index (χ4n) is 3.26. The summed E-state index contributed by atoms with van der Waals surface area (Å²) in [5.41, 5.74) is 2.88. The van der Waals surface area contributed by atoms with Gasteiger partial charge in [0, 0.05) is 18.2 Å². The summed E-state index contributed by atoms with van der Waals surface area (Å²) in [6, 6.07) is 12.6. The number of methoxy groups -OCH3 is 1. The maximum absolute atomic E-state index is 13.4. The maximum Gasteiger partial charge on any atom is 0.227 e. The van der Waals surface area contributed by atoms with Gasteiger partial charge in [0.25, 0.3) is 0 Å². The second-order valence-corrected chi connectivity index (χ2v) is 6.27. The van der Waals surface area contributed by atoms with E-state index >= 15 is 0 Å². The lowest BCUT2D eigenvalue weighted by atomic mass is 9.95. The van der Waals surface area contributed by atoms with E-state index in [4.69, 9.17) is 4.74 Å². The maximum atomic E-state index is 13.4. The highest BCUT2D eigenvalue weighted by Crippen LogP contribution is 2.32. The van der Waals surface area contributed by atoms with Crippen LogP contribution < -0.4 is 9.64 Å². The SMILES string of the molecule is COc1ccc(CCC(=O)N2c3ccc(F)cc3CCC2C)cc1. The Balaban J connectivity index is 1.72. The van der Waals surface area contributed by atoms with Gasteiger partial charge in [0.15, 0.2) is 0 Å². The van der Waals surface area contributed by atoms with Gasteiger partial charge in [-0.15, -0.1) is 0 Å². The van der Waals surface area contributed by atoms with Gasteiger partial charge in [0.1, 0.15) is 11.6 Å². The Labute approximate surface area is 142 Å². The van der Waals surface area contributed by atoms with Crippen LogP contribution in [0.4, 0.5) is 10.1 Å². The first-order chi connectivity index (χ1) is 11.6. The first-order valence-corrected chi connectivity index (χ1v) is 8.32. The first-order valence-electron chi connectivity index (χ1n) is 8.32. The molecule has 1 aliphatic rings. The largest absolute Gasteiger partial charge is 0.497 e. The van der Waals surface area contributed by atoms with Crippen molar-refractivity contribution >= 4 is 11.6 Å². The Kier molecular flexibility index (Phi) is 4.84. The van der Waals surface area contributed by atoms with Crippen molar-refractivity contribution in [2.24, 2.45) is 0 Å². The molecule has 0 fully saturated rings. The lowest BCUT2D eigenvalue weighted by Crippen LogP contribution is -2.42. The lowest BCUT2D eigenvalue weighted by Gasteiger charge is -2.35. The van der Waals surface area contributed by atoms with Crippen LogP contribution in [0.3, 0.4) is 0 Å². The molecule has 24 heavy (non-hydrogen) atoms. The topological polar surface area (TPSA) is 29.5 Å². The van der Waals surface area contributed by atoms with Crippen molar-refractivity contribution in [3.8, 4) is 5.75 Å². The summed E-state index contributed by atoms with van der Waals surface area (Å²) in [5, 5.41) is 0. The number of hydrogen-bond donors (Lipinski definition) is 0. The summed E-state index contributed by atoms with van der Waals surface area (Å²) in [6.45, 7) is 2.05. The molecule has 2 aromatic carbocycles. The van der Waals surface area contributed by atoms with Crippen LogP contribution in [0.2, 0.25) is 0 Å². The molecule has 0 saturated carbocycles. The van der Waals surface area contributed by atoms with E-state index in [9.17, 15) is 9.18 Å². The molecule has 4 heteroatoms. The molecule has 0 saturated heterocycles. The monoisotopic (exact) mass is 327 g/mol. The van der Waals surface area contributed by atoms with Crippen LogP contribution in [-0.2, 0) is 17.6 Å². The van der Waals surface area contributed by atoms with Crippen molar-refractivity contribution in [2.75, 3.05) is 12.0 Å². The minimum Gasteiger partial charge on any atom is -0.497 e. The highest BCUT2D eigenvalue weighted by Gasteiger charge is 2.28. The second-order valence-electron chi connectivity index (χ2n) is 6.27. The van der Waals surface area contributed by atoms with Crippen molar-refractivity contribution in [2.45, 2.75) is 38.6 Å². The average molecular weight is 327 g/mol. The number of anilines is 1. The number of ether oxygens (including phenoxy) is 1. The Morgan fingerprint density at radius 1 is 1.25 bits per heavy atom. The van der Waals surface area contributed by atoms with E-state index in [-0.39, 0.29) is 17.8 Å². The van der Waals surface area contributed by atoms with Crippen molar-refractivity contribution in [1.82, 2.24) is 0 Å². The molecule has 3 nitrogen and oxygen atoms in total. The molecule has 3 rings (SSSR count). The zero-order valence-electron chi connectivity index (χ0n) is 14.1. The van der Waals surface area contributed by atoms with E-state index in [2.05, 4.69) is 6.92 Å². The fourth-order valence-corrected chi connectivity index (χ4v) is 3.26. The average Bonchev–Trinajstić information content (AvgIpc) is 2.60. The molecule has 1 unspecified atom stereocenters. The van der Waals surface area contributed by atoms with Gasteiger partial charge in [-0.1, -0.05) is 12.1 Å². The normalized spacial score (nSPS) is 16.6. The molecule has 1 amide bonds. The van der Waals surface area contributed by atoms with Crippen LogP contribution in [0.5, 0.6) is 5.75 Å². The summed E-state index contributed by atoms with van der Waals surface area (Å²) in [5.74, 6) is 0.658.